The van der Waals surface area contributed by atoms with E-state index in [4.69, 9.17) is 0 Å². The van der Waals surface area contributed by atoms with Crippen LogP contribution in [0.3, 0.4) is 0 Å². The van der Waals surface area contributed by atoms with Crippen LogP contribution in [0.1, 0.15) is 45.4 Å². The standard InChI is InChI=1S/C15H28N2O3S2/c1-3-21-13-8-4-6-10-16(12-13)15(18)14-9-5-7-11-17(14)22(2,19)20/h13-14H,3-12H2,1-2H3/t13-,14+/m1/s1. The highest BCUT2D eigenvalue weighted by Gasteiger charge is 2.37. The second-order valence-corrected chi connectivity index (χ2v) is 9.76. The number of thioether (sulfide) groups is 1. The maximum Gasteiger partial charge on any atom is 0.241 e. The van der Waals surface area contributed by atoms with Gasteiger partial charge in [0.2, 0.25) is 15.9 Å². The quantitative estimate of drug-likeness (QED) is 0.779. The number of amides is 1. The molecule has 0 saturated carbocycles. The van der Waals surface area contributed by atoms with Crippen molar-refractivity contribution in [3.63, 3.8) is 0 Å². The topological polar surface area (TPSA) is 57.7 Å². The Labute approximate surface area is 138 Å². The number of rotatable bonds is 4. The zero-order valence-electron chi connectivity index (χ0n) is 13.7. The first kappa shape index (κ1) is 18.1. The lowest BCUT2D eigenvalue weighted by Crippen LogP contribution is -2.53. The molecule has 2 aliphatic rings. The molecule has 2 rings (SSSR count). The van der Waals surface area contributed by atoms with Gasteiger partial charge in [0, 0.05) is 24.9 Å². The number of carbonyl (C=O) groups is 1. The van der Waals surface area contributed by atoms with Gasteiger partial charge in [0.1, 0.15) is 6.04 Å². The van der Waals surface area contributed by atoms with Gasteiger partial charge in [-0.2, -0.15) is 16.1 Å². The van der Waals surface area contributed by atoms with E-state index in [9.17, 15) is 13.2 Å². The second-order valence-electron chi connectivity index (χ2n) is 6.24. The summed E-state index contributed by atoms with van der Waals surface area (Å²) in [5.41, 5.74) is 0. The molecule has 2 saturated heterocycles. The fourth-order valence-corrected chi connectivity index (χ4v) is 5.64. The van der Waals surface area contributed by atoms with Crippen molar-refractivity contribution in [2.75, 3.05) is 31.6 Å². The summed E-state index contributed by atoms with van der Waals surface area (Å²) >= 11 is 1.91. The van der Waals surface area contributed by atoms with Crippen molar-refractivity contribution in [1.29, 1.82) is 0 Å². The van der Waals surface area contributed by atoms with Crippen LogP contribution in [0.5, 0.6) is 0 Å². The Balaban J connectivity index is 2.10. The summed E-state index contributed by atoms with van der Waals surface area (Å²) in [4.78, 5) is 14.8. The largest absolute Gasteiger partial charge is 0.340 e. The van der Waals surface area contributed by atoms with Crippen LogP contribution >= 0.6 is 11.8 Å². The van der Waals surface area contributed by atoms with Crippen molar-refractivity contribution in [3.8, 4) is 0 Å². The summed E-state index contributed by atoms with van der Waals surface area (Å²) in [7, 11) is -3.31. The molecule has 0 aromatic carbocycles. The first-order valence-electron chi connectivity index (χ1n) is 8.30. The van der Waals surface area contributed by atoms with Crippen LogP contribution in [0.4, 0.5) is 0 Å². The Morgan fingerprint density at radius 2 is 1.82 bits per heavy atom. The summed E-state index contributed by atoms with van der Waals surface area (Å²) in [5, 5.41) is 0.492. The average Bonchev–Trinajstić information content (AvgIpc) is 2.72. The Bertz CT molecular complexity index is 481. The third-order valence-corrected chi connectivity index (χ3v) is 6.99. The third-order valence-electron chi connectivity index (χ3n) is 4.51. The molecule has 0 radical (unpaired) electrons. The molecule has 5 nitrogen and oxygen atoms in total. The van der Waals surface area contributed by atoms with E-state index in [1.54, 1.807) is 0 Å². The molecule has 7 heteroatoms. The van der Waals surface area contributed by atoms with Crippen LogP contribution < -0.4 is 0 Å². The molecule has 2 atom stereocenters. The molecule has 2 aliphatic heterocycles. The highest BCUT2D eigenvalue weighted by atomic mass is 32.2. The molecule has 0 unspecified atom stereocenters. The van der Waals surface area contributed by atoms with Gasteiger partial charge in [-0.3, -0.25) is 4.79 Å². The van der Waals surface area contributed by atoms with E-state index in [1.807, 2.05) is 16.7 Å². The maximum atomic E-state index is 12.9. The maximum absolute atomic E-state index is 12.9. The Hall–Kier alpha value is -0.270. The van der Waals surface area contributed by atoms with Gasteiger partial charge in [0.25, 0.3) is 0 Å². The van der Waals surface area contributed by atoms with Crippen molar-refractivity contribution in [3.05, 3.63) is 0 Å². The molecule has 1 amide bonds. The van der Waals surface area contributed by atoms with Crippen LogP contribution in [-0.4, -0.2) is 66.5 Å². The van der Waals surface area contributed by atoms with Crippen molar-refractivity contribution in [2.24, 2.45) is 0 Å². The van der Waals surface area contributed by atoms with E-state index in [1.165, 1.54) is 10.6 Å². The number of hydrogen-bond acceptors (Lipinski definition) is 4. The first-order valence-corrected chi connectivity index (χ1v) is 11.2. The van der Waals surface area contributed by atoms with E-state index in [2.05, 4.69) is 6.92 Å². The zero-order valence-corrected chi connectivity index (χ0v) is 15.3. The summed E-state index contributed by atoms with van der Waals surface area (Å²) in [6.07, 6.45) is 7.00. The molecule has 0 aromatic heterocycles. The molecule has 2 heterocycles. The normalized spacial score (nSPS) is 28.4. The van der Waals surface area contributed by atoms with Crippen LogP contribution in [0.25, 0.3) is 0 Å². The molecule has 0 bridgehead atoms. The third kappa shape index (κ3) is 4.61. The highest BCUT2D eigenvalue weighted by molar-refractivity contribution is 7.99. The van der Waals surface area contributed by atoms with Gasteiger partial charge in [-0.25, -0.2) is 8.42 Å². The number of piperidine rings is 1. The smallest absolute Gasteiger partial charge is 0.241 e. The monoisotopic (exact) mass is 348 g/mol. The molecule has 0 spiro atoms. The molecule has 128 valence electrons. The second kappa shape index (κ2) is 8.02. The summed E-state index contributed by atoms with van der Waals surface area (Å²) in [5.74, 6) is 1.08. The van der Waals surface area contributed by atoms with Crippen molar-refractivity contribution in [1.82, 2.24) is 9.21 Å². The zero-order chi connectivity index (χ0) is 16.2. The molecular weight excluding hydrogens is 320 g/mol. The van der Waals surface area contributed by atoms with Gasteiger partial charge >= 0.3 is 0 Å². The molecule has 2 fully saturated rings. The lowest BCUT2D eigenvalue weighted by Gasteiger charge is -2.36. The van der Waals surface area contributed by atoms with Crippen molar-refractivity contribution < 1.29 is 13.2 Å². The summed E-state index contributed by atoms with van der Waals surface area (Å²) in [6.45, 7) is 4.17. The molecular formula is C15H28N2O3S2. The van der Waals surface area contributed by atoms with Gasteiger partial charge < -0.3 is 4.90 Å². The Kier molecular flexibility index (Phi) is 6.58. The van der Waals surface area contributed by atoms with Gasteiger partial charge in [0.05, 0.1) is 6.26 Å². The molecule has 0 N–H and O–H groups in total. The Morgan fingerprint density at radius 3 is 2.50 bits per heavy atom. The SMILES string of the molecule is CCS[C@@H]1CCCCN(C(=O)[C@@H]2CCCCN2S(C)(=O)=O)C1. The number of likely N-dealkylation sites (tertiary alicyclic amines) is 1. The predicted octanol–water partition coefficient (Wildman–Crippen LogP) is 1.93. The van der Waals surface area contributed by atoms with Crippen LogP contribution in [0.2, 0.25) is 0 Å². The fraction of sp³-hybridized carbons (Fsp3) is 0.933. The van der Waals surface area contributed by atoms with Gasteiger partial charge in [0.15, 0.2) is 0 Å². The van der Waals surface area contributed by atoms with Crippen molar-refractivity contribution >= 4 is 27.7 Å². The van der Waals surface area contributed by atoms with Crippen LogP contribution in [-0.2, 0) is 14.8 Å². The Morgan fingerprint density at radius 1 is 1.14 bits per heavy atom. The summed E-state index contributed by atoms with van der Waals surface area (Å²) in [6, 6.07) is -0.478. The van der Waals surface area contributed by atoms with Crippen LogP contribution in [0.15, 0.2) is 0 Å². The lowest BCUT2D eigenvalue weighted by atomic mass is 10.0. The number of nitrogens with zero attached hydrogens (tertiary/aromatic N) is 2. The minimum atomic E-state index is -3.31. The van der Waals surface area contributed by atoms with E-state index < -0.39 is 16.1 Å². The van der Waals surface area contributed by atoms with Crippen LogP contribution in [0, 0.1) is 0 Å². The molecule has 0 aliphatic carbocycles. The lowest BCUT2D eigenvalue weighted by molar-refractivity contribution is -0.136. The first-order chi connectivity index (χ1) is 10.4. The van der Waals surface area contributed by atoms with Gasteiger partial charge in [-0.1, -0.05) is 19.8 Å². The average molecular weight is 349 g/mol. The number of carbonyl (C=O) groups excluding carboxylic acids is 1. The number of sulfonamides is 1. The fourth-order valence-electron chi connectivity index (χ4n) is 3.43. The predicted molar refractivity (Wildman–Crippen MR) is 91.5 cm³/mol. The van der Waals surface area contributed by atoms with E-state index in [0.717, 1.165) is 50.9 Å². The van der Waals surface area contributed by atoms with E-state index in [0.29, 0.717) is 18.2 Å². The summed E-state index contributed by atoms with van der Waals surface area (Å²) < 4.78 is 25.4. The molecule has 0 aromatic rings. The minimum absolute atomic E-state index is 0.0220. The van der Waals surface area contributed by atoms with Crippen molar-refractivity contribution in [2.45, 2.75) is 56.7 Å². The minimum Gasteiger partial charge on any atom is -0.340 e. The highest BCUT2D eigenvalue weighted by Crippen LogP contribution is 2.26. The van der Waals surface area contributed by atoms with E-state index in [-0.39, 0.29) is 5.91 Å². The molecule has 22 heavy (non-hydrogen) atoms. The number of hydrogen-bond donors (Lipinski definition) is 0. The van der Waals surface area contributed by atoms with Gasteiger partial charge in [-0.05, 0) is 31.4 Å². The van der Waals surface area contributed by atoms with Gasteiger partial charge in [-0.15, -0.1) is 0 Å². The van der Waals surface area contributed by atoms with E-state index >= 15 is 0 Å².